The molecule has 1 aromatic heterocycles. The Balaban J connectivity index is 1.71. The van der Waals surface area contributed by atoms with Gasteiger partial charge in [0, 0.05) is 18.7 Å². The van der Waals surface area contributed by atoms with Crippen molar-refractivity contribution in [3.63, 3.8) is 0 Å². The molecule has 1 aliphatic carbocycles. The first kappa shape index (κ1) is 25.5. The molecule has 1 amide bonds. The fourth-order valence-electron chi connectivity index (χ4n) is 4.63. The van der Waals surface area contributed by atoms with Crippen LogP contribution < -0.4 is 14.8 Å². The zero-order chi connectivity index (χ0) is 24.9. The summed E-state index contributed by atoms with van der Waals surface area (Å²) in [6.07, 6.45) is 4.40. The normalized spacial score (nSPS) is 20.4. The third kappa shape index (κ3) is 5.88. The van der Waals surface area contributed by atoms with Crippen molar-refractivity contribution in [2.24, 2.45) is 11.3 Å². The molecule has 1 aliphatic rings. The minimum atomic E-state index is -1.27. The van der Waals surface area contributed by atoms with Crippen molar-refractivity contribution < 1.29 is 24.2 Å². The fourth-order valence-corrected chi connectivity index (χ4v) is 4.63. The number of pyridine rings is 1. The quantitative estimate of drug-likeness (QED) is 0.577. The number of carboxylic acids is 1. The lowest BCUT2D eigenvalue weighted by Crippen LogP contribution is -2.57. The average molecular weight is 469 g/mol. The Morgan fingerprint density at radius 2 is 1.88 bits per heavy atom. The minimum absolute atomic E-state index is 0.110. The molecule has 0 aliphatic heterocycles. The van der Waals surface area contributed by atoms with Crippen molar-refractivity contribution in [1.29, 1.82) is 0 Å². The number of aryl methyl sites for hydroxylation is 1. The number of nitrogens with one attached hydrogen (secondary N) is 1. The highest BCUT2D eigenvalue weighted by Gasteiger charge is 2.45. The number of hydrogen-bond acceptors (Lipinski definition) is 5. The number of amides is 1. The summed E-state index contributed by atoms with van der Waals surface area (Å²) < 4.78 is 11.2. The van der Waals surface area contributed by atoms with Gasteiger partial charge in [0.15, 0.2) is 5.75 Å². The summed E-state index contributed by atoms with van der Waals surface area (Å²) in [6, 6.07) is 9.65. The Bertz CT molecular complexity index is 1020. The molecule has 34 heavy (non-hydrogen) atoms. The molecule has 2 aromatic rings. The van der Waals surface area contributed by atoms with Gasteiger partial charge in [-0.3, -0.25) is 4.79 Å². The zero-order valence-electron chi connectivity index (χ0n) is 20.8. The van der Waals surface area contributed by atoms with E-state index in [-0.39, 0.29) is 16.9 Å². The molecule has 7 nitrogen and oxygen atoms in total. The summed E-state index contributed by atoms with van der Waals surface area (Å²) in [6.45, 7) is 8.96. The Morgan fingerprint density at radius 3 is 2.47 bits per heavy atom. The van der Waals surface area contributed by atoms with Gasteiger partial charge in [0.25, 0.3) is 11.8 Å². The number of benzene rings is 1. The van der Waals surface area contributed by atoms with Crippen LogP contribution in [0.15, 0.2) is 36.5 Å². The molecule has 0 unspecified atom stereocenters. The molecule has 0 atom stereocenters. The van der Waals surface area contributed by atoms with Crippen molar-refractivity contribution >= 4 is 11.9 Å². The molecular weight excluding hydrogens is 432 g/mol. The second-order valence-corrected chi connectivity index (χ2v) is 10.2. The van der Waals surface area contributed by atoms with Crippen LogP contribution >= 0.6 is 0 Å². The van der Waals surface area contributed by atoms with Crippen molar-refractivity contribution in [3.05, 3.63) is 53.2 Å². The SMILES string of the molecule is COc1ncc(C(=O)NC2(C(=O)O)CCC(C(C)(C)C)CC2)cc1OCCc1ccccc1C. The van der Waals surface area contributed by atoms with Crippen LogP contribution in [0.4, 0.5) is 0 Å². The van der Waals surface area contributed by atoms with E-state index >= 15 is 0 Å². The number of rotatable bonds is 8. The van der Waals surface area contributed by atoms with E-state index in [1.165, 1.54) is 24.4 Å². The smallest absolute Gasteiger partial charge is 0.329 e. The van der Waals surface area contributed by atoms with E-state index in [9.17, 15) is 14.7 Å². The Hall–Kier alpha value is -3.09. The highest BCUT2D eigenvalue weighted by molar-refractivity contribution is 5.98. The van der Waals surface area contributed by atoms with Crippen LogP contribution in [-0.2, 0) is 11.2 Å². The van der Waals surface area contributed by atoms with Crippen molar-refractivity contribution in [2.75, 3.05) is 13.7 Å². The Morgan fingerprint density at radius 1 is 1.21 bits per heavy atom. The van der Waals surface area contributed by atoms with E-state index in [1.54, 1.807) is 6.07 Å². The van der Waals surface area contributed by atoms with Gasteiger partial charge in [0.05, 0.1) is 19.3 Å². The number of carbonyl (C=O) groups excluding carboxylic acids is 1. The Labute approximate surface area is 201 Å². The van der Waals surface area contributed by atoms with Crippen LogP contribution in [0.3, 0.4) is 0 Å². The number of nitrogens with zero attached hydrogens (tertiary/aromatic N) is 1. The van der Waals surface area contributed by atoms with Crippen LogP contribution in [0, 0.1) is 18.3 Å². The lowest BCUT2D eigenvalue weighted by Gasteiger charge is -2.42. The third-order valence-corrected chi connectivity index (χ3v) is 6.99. The monoisotopic (exact) mass is 468 g/mol. The average Bonchev–Trinajstić information content (AvgIpc) is 2.79. The van der Waals surface area contributed by atoms with Crippen LogP contribution in [0.5, 0.6) is 11.6 Å². The molecule has 3 rings (SSSR count). The molecule has 0 bridgehead atoms. The molecule has 2 N–H and O–H groups in total. The summed E-state index contributed by atoms with van der Waals surface area (Å²) in [4.78, 5) is 29.5. The summed E-state index contributed by atoms with van der Waals surface area (Å²) >= 11 is 0. The highest BCUT2D eigenvalue weighted by Crippen LogP contribution is 2.41. The minimum Gasteiger partial charge on any atom is -0.488 e. The number of hydrogen-bond donors (Lipinski definition) is 2. The number of aromatic nitrogens is 1. The topological polar surface area (TPSA) is 97.8 Å². The standard InChI is InChI=1S/C27H36N2O5/c1-18-8-6-7-9-19(18)12-15-34-22-16-20(17-28-24(22)33-5)23(30)29-27(25(31)32)13-10-21(11-14-27)26(2,3)4/h6-9,16-17,21H,10-15H2,1-5H3,(H,29,30)(H,31,32). The van der Waals surface area contributed by atoms with Crippen LogP contribution in [0.25, 0.3) is 0 Å². The number of methoxy groups -OCH3 is 1. The van der Waals surface area contributed by atoms with Gasteiger partial charge in [0.2, 0.25) is 0 Å². The molecular formula is C27H36N2O5. The summed E-state index contributed by atoms with van der Waals surface area (Å²) in [5.74, 6) is -0.419. The third-order valence-electron chi connectivity index (χ3n) is 6.99. The fraction of sp³-hybridized carbons (Fsp3) is 0.519. The van der Waals surface area contributed by atoms with Crippen LogP contribution in [-0.4, -0.2) is 41.2 Å². The Kier molecular flexibility index (Phi) is 7.85. The second-order valence-electron chi connectivity index (χ2n) is 10.2. The van der Waals surface area contributed by atoms with Gasteiger partial charge in [-0.15, -0.1) is 0 Å². The molecule has 1 saturated carbocycles. The van der Waals surface area contributed by atoms with Crippen molar-refractivity contribution in [1.82, 2.24) is 10.3 Å². The maximum atomic E-state index is 13.1. The van der Waals surface area contributed by atoms with E-state index in [0.29, 0.717) is 37.5 Å². The predicted molar refractivity (Wildman–Crippen MR) is 130 cm³/mol. The van der Waals surface area contributed by atoms with E-state index in [1.807, 2.05) is 12.1 Å². The van der Waals surface area contributed by atoms with Gasteiger partial charge in [-0.1, -0.05) is 45.0 Å². The molecule has 0 saturated heterocycles. The lowest BCUT2D eigenvalue weighted by molar-refractivity contribution is -0.146. The van der Waals surface area contributed by atoms with E-state index < -0.39 is 17.4 Å². The summed E-state index contributed by atoms with van der Waals surface area (Å²) in [5.41, 5.74) is 1.44. The molecule has 1 aromatic carbocycles. The summed E-state index contributed by atoms with van der Waals surface area (Å²) in [7, 11) is 1.49. The first-order valence-corrected chi connectivity index (χ1v) is 11.8. The highest BCUT2D eigenvalue weighted by atomic mass is 16.5. The van der Waals surface area contributed by atoms with Crippen LogP contribution in [0.2, 0.25) is 0 Å². The summed E-state index contributed by atoms with van der Waals surface area (Å²) in [5, 5.41) is 12.8. The van der Waals surface area contributed by atoms with Gasteiger partial charge in [-0.25, -0.2) is 9.78 Å². The number of aliphatic carboxylic acids is 1. The maximum Gasteiger partial charge on any atom is 0.329 e. The number of ether oxygens (including phenoxy) is 2. The van der Waals surface area contributed by atoms with Gasteiger partial charge in [-0.2, -0.15) is 0 Å². The molecule has 7 heteroatoms. The van der Waals surface area contributed by atoms with Crippen molar-refractivity contribution in [2.45, 2.75) is 65.3 Å². The van der Waals surface area contributed by atoms with E-state index in [2.05, 4.69) is 50.1 Å². The number of carbonyl (C=O) groups is 2. The van der Waals surface area contributed by atoms with Gasteiger partial charge < -0.3 is 19.9 Å². The molecule has 1 heterocycles. The van der Waals surface area contributed by atoms with Gasteiger partial charge in [0.1, 0.15) is 5.54 Å². The molecule has 184 valence electrons. The lowest BCUT2D eigenvalue weighted by atomic mass is 9.67. The van der Waals surface area contributed by atoms with Gasteiger partial charge >= 0.3 is 5.97 Å². The zero-order valence-corrected chi connectivity index (χ0v) is 20.8. The molecule has 1 fully saturated rings. The first-order chi connectivity index (χ1) is 16.1. The predicted octanol–water partition coefficient (Wildman–Crippen LogP) is 4.81. The van der Waals surface area contributed by atoms with E-state index in [4.69, 9.17) is 9.47 Å². The van der Waals surface area contributed by atoms with Crippen LogP contribution in [0.1, 0.15) is 67.9 Å². The molecule has 0 spiro atoms. The van der Waals surface area contributed by atoms with Crippen molar-refractivity contribution in [3.8, 4) is 11.6 Å². The van der Waals surface area contributed by atoms with Gasteiger partial charge in [-0.05, 0) is 55.1 Å². The van der Waals surface area contributed by atoms with E-state index in [0.717, 1.165) is 12.8 Å². The molecule has 0 radical (unpaired) electrons. The number of carboxylic acid groups (broad SMARTS) is 1. The second kappa shape index (κ2) is 10.5. The largest absolute Gasteiger partial charge is 0.488 e. The first-order valence-electron chi connectivity index (χ1n) is 11.8. The maximum absolute atomic E-state index is 13.1.